The zero-order chi connectivity index (χ0) is 17.2. The number of hydrogen-bond acceptors (Lipinski definition) is 6. The van der Waals surface area contributed by atoms with Crippen LogP contribution in [0, 0.1) is 0 Å². The van der Waals surface area contributed by atoms with Crippen LogP contribution in [0.4, 0.5) is 0 Å². The Morgan fingerprint density at radius 2 is 1.74 bits per heavy atom. The van der Waals surface area contributed by atoms with Crippen LogP contribution in [0.25, 0.3) is 0 Å². The second-order valence-electron chi connectivity index (χ2n) is 4.31. The van der Waals surface area contributed by atoms with E-state index in [9.17, 15) is 18.0 Å². The van der Waals surface area contributed by atoms with Gasteiger partial charge < -0.3 is 10.2 Å². The molecule has 0 fully saturated rings. The number of ketones is 1. The fourth-order valence-corrected chi connectivity index (χ4v) is 4.28. The highest BCUT2D eigenvalue weighted by Gasteiger charge is 2.21. The highest BCUT2D eigenvalue weighted by atomic mass is 35.5. The van der Waals surface area contributed by atoms with Gasteiger partial charge in [-0.2, -0.15) is 0 Å². The summed E-state index contributed by atoms with van der Waals surface area (Å²) in [6, 6.07) is 6.68. The second kappa shape index (κ2) is 6.53. The number of sulfone groups is 1. The maximum absolute atomic E-state index is 12.4. The number of carbonyl (C=O) groups is 2. The van der Waals surface area contributed by atoms with Crippen molar-refractivity contribution in [2.24, 2.45) is 0 Å². The molecule has 0 unspecified atom stereocenters. The molecule has 9 heteroatoms. The molecule has 1 aromatic heterocycles. The highest BCUT2D eigenvalue weighted by molar-refractivity contribution is 7.93. The first-order chi connectivity index (χ1) is 10.7. The fraction of sp³-hybridized carbons (Fsp3) is 0. The van der Waals surface area contributed by atoms with E-state index in [1.54, 1.807) is 0 Å². The van der Waals surface area contributed by atoms with Gasteiger partial charge in [-0.15, -0.1) is 11.3 Å². The summed E-state index contributed by atoms with van der Waals surface area (Å²) in [4.78, 5) is 22.3. The predicted octanol–water partition coefficient (Wildman–Crippen LogP) is 2.94. The van der Waals surface area contributed by atoms with Crippen molar-refractivity contribution < 1.29 is 28.2 Å². The van der Waals surface area contributed by atoms with Gasteiger partial charge in [0.2, 0.25) is 15.6 Å². The summed E-state index contributed by atoms with van der Waals surface area (Å²) in [5, 5.41) is 19.2. The maximum Gasteiger partial charge on any atom is 0.371 e. The van der Waals surface area contributed by atoms with Crippen molar-refractivity contribution in [2.45, 2.75) is 9.10 Å². The Labute approximate surface area is 140 Å². The number of carboxylic acid groups (broad SMARTS) is 1. The van der Waals surface area contributed by atoms with Crippen LogP contribution in [0.15, 0.2) is 56.7 Å². The molecule has 0 bridgehead atoms. The normalized spacial score (nSPS) is 12.1. The zero-order valence-electron chi connectivity index (χ0n) is 11.3. The summed E-state index contributed by atoms with van der Waals surface area (Å²) in [6.07, 6.45) is 0.517. The summed E-state index contributed by atoms with van der Waals surface area (Å²) < 4.78 is 24.7. The van der Waals surface area contributed by atoms with Crippen LogP contribution < -0.4 is 0 Å². The first-order valence-corrected chi connectivity index (χ1v) is 8.73. The Kier molecular flexibility index (Phi) is 4.88. The van der Waals surface area contributed by atoms with Crippen molar-refractivity contribution in [2.75, 3.05) is 0 Å². The Bertz CT molecular complexity index is 894. The number of aliphatic hydroxyl groups is 1. The predicted molar refractivity (Wildman–Crippen MR) is 83.9 cm³/mol. The quantitative estimate of drug-likeness (QED) is 0.474. The summed E-state index contributed by atoms with van der Waals surface area (Å²) in [6.45, 7) is 0. The number of hydrogen-bond donors (Lipinski definition) is 2. The van der Waals surface area contributed by atoms with Gasteiger partial charge >= 0.3 is 5.97 Å². The summed E-state index contributed by atoms with van der Waals surface area (Å²) in [7, 11) is -3.81. The molecule has 0 radical (unpaired) electrons. The van der Waals surface area contributed by atoms with Crippen LogP contribution in [0.3, 0.4) is 0 Å². The summed E-state index contributed by atoms with van der Waals surface area (Å²) in [5.41, 5.74) is -0.0321. The van der Waals surface area contributed by atoms with Gasteiger partial charge in [0.05, 0.1) is 4.90 Å². The topological polar surface area (TPSA) is 109 Å². The van der Waals surface area contributed by atoms with Gasteiger partial charge in [-0.05, 0) is 30.3 Å². The number of carboxylic acids is 1. The van der Waals surface area contributed by atoms with E-state index in [0.717, 1.165) is 17.4 Å². The third kappa shape index (κ3) is 3.79. The van der Waals surface area contributed by atoms with Crippen LogP contribution >= 0.6 is 22.9 Å². The number of rotatable bonds is 5. The lowest BCUT2D eigenvalue weighted by Gasteiger charge is -2.01. The number of aliphatic carboxylic acids is 1. The van der Waals surface area contributed by atoms with Gasteiger partial charge in [-0.3, -0.25) is 4.79 Å². The van der Waals surface area contributed by atoms with Crippen LogP contribution in [0.2, 0.25) is 5.02 Å². The number of halogens is 1. The lowest BCUT2D eigenvalue weighted by molar-refractivity contribution is -0.135. The van der Waals surface area contributed by atoms with Crippen molar-refractivity contribution in [3.63, 3.8) is 0 Å². The lowest BCUT2D eigenvalue weighted by atomic mass is 10.2. The van der Waals surface area contributed by atoms with Gasteiger partial charge in [0, 0.05) is 22.0 Å². The molecule has 1 heterocycles. The van der Waals surface area contributed by atoms with Gasteiger partial charge in [0.1, 0.15) is 4.21 Å². The Morgan fingerprint density at radius 1 is 1.13 bits per heavy atom. The minimum absolute atomic E-state index is 0.0201. The highest BCUT2D eigenvalue weighted by Crippen LogP contribution is 2.28. The first kappa shape index (κ1) is 17.2. The molecule has 2 N–H and O–H groups in total. The van der Waals surface area contributed by atoms with Gasteiger partial charge in [-0.1, -0.05) is 11.6 Å². The molecular formula is C14H9ClO6S2. The van der Waals surface area contributed by atoms with E-state index in [2.05, 4.69) is 0 Å². The lowest BCUT2D eigenvalue weighted by Crippen LogP contribution is -2.03. The largest absolute Gasteiger partial charge is 0.502 e. The molecule has 0 amide bonds. The van der Waals surface area contributed by atoms with E-state index in [4.69, 9.17) is 21.8 Å². The van der Waals surface area contributed by atoms with E-state index in [-0.39, 0.29) is 14.7 Å². The molecule has 1 aromatic carbocycles. The molecule has 0 saturated carbocycles. The third-order valence-corrected chi connectivity index (χ3v) is 6.20. The molecule has 0 aliphatic carbocycles. The van der Waals surface area contributed by atoms with Crippen molar-refractivity contribution in [1.29, 1.82) is 0 Å². The smallest absolute Gasteiger partial charge is 0.371 e. The van der Waals surface area contributed by atoms with Crippen molar-refractivity contribution in [3.05, 3.63) is 58.1 Å². The van der Waals surface area contributed by atoms with E-state index < -0.39 is 27.3 Å². The Balaban J connectivity index is 2.35. The molecule has 0 saturated heterocycles. The van der Waals surface area contributed by atoms with Crippen molar-refractivity contribution >= 4 is 44.5 Å². The summed E-state index contributed by atoms with van der Waals surface area (Å²) >= 11 is 6.53. The molecule has 6 nitrogen and oxygen atoms in total. The molecule has 120 valence electrons. The number of carbonyl (C=O) groups excluding carboxylic acids is 1. The van der Waals surface area contributed by atoms with Crippen LogP contribution in [0.5, 0.6) is 0 Å². The van der Waals surface area contributed by atoms with E-state index in [1.165, 1.54) is 29.6 Å². The first-order valence-electron chi connectivity index (χ1n) is 5.99. The zero-order valence-corrected chi connectivity index (χ0v) is 13.7. The minimum Gasteiger partial charge on any atom is -0.502 e. The summed E-state index contributed by atoms with van der Waals surface area (Å²) in [5.74, 6) is -3.58. The maximum atomic E-state index is 12.4. The van der Waals surface area contributed by atoms with E-state index in [0.29, 0.717) is 11.1 Å². The SMILES string of the molecule is O=C(O)C(O)=CC(=O)c1csc(S(=O)(=O)c2ccc(Cl)cc2)c1. The minimum atomic E-state index is -3.81. The number of allylic oxidation sites excluding steroid dienone is 1. The number of benzene rings is 1. The standard InChI is InChI=1S/C14H9ClO6S2/c15-9-1-3-10(4-2-9)23(20,21)13-5-8(7-22-13)11(16)6-12(17)14(18)19/h1-7,17H,(H,18,19). The second-order valence-corrected chi connectivity index (χ2v) is 7.83. The molecule has 23 heavy (non-hydrogen) atoms. The fourth-order valence-electron chi connectivity index (χ4n) is 1.59. The number of thiophene rings is 1. The van der Waals surface area contributed by atoms with Gasteiger partial charge in [0.15, 0.2) is 5.78 Å². The monoisotopic (exact) mass is 372 g/mol. The molecule has 2 rings (SSSR count). The van der Waals surface area contributed by atoms with E-state index in [1.807, 2.05) is 0 Å². The molecule has 0 spiro atoms. The third-order valence-electron chi connectivity index (χ3n) is 2.74. The molecule has 0 aliphatic rings. The average molecular weight is 373 g/mol. The van der Waals surface area contributed by atoms with Crippen LogP contribution in [0.1, 0.15) is 10.4 Å². The Morgan fingerprint density at radius 3 is 2.30 bits per heavy atom. The molecular weight excluding hydrogens is 364 g/mol. The molecule has 2 aromatic rings. The Hall–Kier alpha value is -2.16. The van der Waals surface area contributed by atoms with Gasteiger partial charge in [-0.25, -0.2) is 13.2 Å². The van der Waals surface area contributed by atoms with Crippen molar-refractivity contribution in [1.82, 2.24) is 0 Å². The van der Waals surface area contributed by atoms with Crippen LogP contribution in [-0.4, -0.2) is 30.4 Å². The number of aliphatic hydroxyl groups excluding tert-OH is 1. The van der Waals surface area contributed by atoms with Gasteiger partial charge in [0.25, 0.3) is 0 Å². The molecule has 0 atom stereocenters. The van der Waals surface area contributed by atoms with Crippen LogP contribution in [-0.2, 0) is 14.6 Å². The van der Waals surface area contributed by atoms with Crippen molar-refractivity contribution in [3.8, 4) is 0 Å². The van der Waals surface area contributed by atoms with E-state index >= 15 is 0 Å². The molecule has 0 aliphatic heterocycles. The average Bonchev–Trinajstić information content (AvgIpc) is 2.98.